The molecule has 0 fully saturated rings. The molecule has 2 N–H and O–H groups in total. The molecule has 0 bridgehead atoms. The number of carbonyl (C=O) groups excluding carboxylic acids is 1. The van der Waals surface area contributed by atoms with Gasteiger partial charge < -0.3 is 15.0 Å². The Kier molecular flexibility index (Phi) is 5.51. The van der Waals surface area contributed by atoms with Crippen LogP contribution < -0.4 is 10.1 Å². The minimum Gasteiger partial charge on any atom is -0.406 e. The van der Waals surface area contributed by atoms with E-state index in [-0.39, 0.29) is 11.3 Å². The number of carbonyl (C=O) groups is 1. The number of hydrogen-bond donors (Lipinski definition) is 2. The van der Waals surface area contributed by atoms with Gasteiger partial charge in [0.25, 0.3) is 5.91 Å². The summed E-state index contributed by atoms with van der Waals surface area (Å²) < 4.78 is 41.0. The summed E-state index contributed by atoms with van der Waals surface area (Å²) in [7, 11) is 0. The van der Waals surface area contributed by atoms with Gasteiger partial charge in [0.2, 0.25) is 0 Å². The van der Waals surface area contributed by atoms with Crippen molar-refractivity contribution in [1.29, 1.82) is 0 Å². The number of anilines is 1. The van der Waals surface area contributed by atoms with E-state index in [1.165, 1.54) is 12.1 Å². The molecule has 10 heteroatoms. The van der Waals surface area contributed by atoms with Gasteiger partial charge in [-0.25, -0.2) is 4.98 Å². The summed E-state index contributed by atoms with van der Waals surface area (Å²) in [5.74, 6) is -0.506. The Balaban J connectivity index is 1.59. The third kappa shape index (κ3) is 4.76. The Morgan fingerprint density at radius 2 is 1.71 bits per heavy atom. The number of rotatable bonds is 4. The van der Waals surface area contributed by atoms with Crippen LogP contribution in [0.5, 0.6) is 5.75 Å². The number of benzene rings is 3. The first-order valence-electron chi connectivity index (χ1n) is 8.81. The number of nitrogens with one attached hydrogen (secondary N) is 2. The Morgan fingerprint density at radius 1 is 1.00 bits per heavy atom. The molecule has 0 aliphatic carbocycles. The molecule has 1 heterocycles. The van der Waals surface area contributed by atoms with Gasteiger partial charge in [-0.15, -0.1) is 13.2 Å². The fourth-order valence-electron chi connectivity index (χ4n) is 2.97. The second-order valence-electron chi connectivity index (χ2n) is 6.44. The molecule has 158 valence electrons. The van der Waals surface area contributed by atoms with Crippen molar-refractivity contribution < 1.29 is 22.7 Å². The van der Waals surface area contributed by atoms with Gasteiger partial charge in [-0.1, -0.05) is 35.3 Å². The highest BCUT2D eigenvalue weighted by Gasteiger charge is 2.31. The Labute approximate surface area is 183 Å². The van der Waals surface area contributed by atoms with Crippen LogP contribution in [0, 0.1) is 0 Å². The molecule has 1 aromatic heterocycles. The lowest BCUT2D eigenvalue weighted by Crippen LogP contribution is -2.17. The third-order valence-electron chi connectivity index (χ3n) is 4.27. The number of nitrogens with zero attached hydrogens (tertiary/aromatic N) is 1. The summed E-state index contributed by atoms with van der Waals surface area (Å²) in [6, 6.07) is 14.9. The van der Waals surface area contributed by atoms with Crippen molar-refractivity contribution in [2.45, 2.75) is 6.36 Å². The van der Waals surface area contributed by atoms with Crippen LogP contribution in [0.3, 0.4) is 0 Å². The van der Waals surface area contributed by atoms with Crippen LogP contribution in [0.15, 0.2) is 60.7 Å². The zero-order valence-corrected chi connectivity index (χ0v) is 16.9. The zero-order valence-electron chi connectivity index (χ0n) is 15.4. The Bertz CT molecular complexity index is 1270. The molecule has 0 aliphatic heterocycles. The van der Waals surface area contributed by atoms with Crippen molar-refractivity contribution in [2.24, 2.45) is 0 Å². The van der Waals surface area contributed by atoms with Crippen molar-refractivity contribution >= 4 is 45.8 Å². The first kappa shape index (κ1) is 21.0. The lowest BCUT2D eigenvalue weighted by Gasteiger charge is -2.10. The molecule has 4 aromatic rings. The van der Waals surface area contributed by atoms with E-state index in [4.69, 9.17) is 23.2 Å². The fourth-order valence-corrected chi connectivity index (χ4v) is 3.54. The predicted molar refractivity (Wildman–Crippen MR) is 113 cm³/mol. The average Bonchev–Trinajstić information content (AvgIpc) is 3.09. The number of imidazole rings is 1. The van der Waals surface area contributed by atoms with E-state index in [1.54, 1.807) is 36.4 Å². The zero-order chi connectivity index (χ0) is 22.2. The number of halogens is 5. The summed E-state index contributed by atoms with van der Waals surface area (Å²) in [5, 5.41) is 3.39. The molecule has 3 aromatic carbocycles. The largest absolute Gasteiger partial charge is 0.573 e. The highest BCUT2D eigenvalue weighted by atomic mass is 35.5. The van der Waals surface area contributed by atoms with Crippen molar-refractivity contribution in [1.82, 2.24) is 9.97 Å². The number of amides is 1. The number of ether oxygens (including phenoxy) is 1. The minimum absolute atomic E-state index is 0.153. The van der Waals surface area contributed by atoms with Crippen molar-refractivity contribution in [3.8, 4) is 17.1 Å². The maximum Gasteiger partial charge on any atom is 0.573 e. The fraction of sp³-hybridized carbons (Fsp3) is 0.0476. The molecular weight excluding hydrogens is 454 g/mol. The second-order valence-corrected chi connectivity index (χ2v) is 7.26. The van der Waals surface area contributed by atoms with Gasteiger partial charge in [0, 0.05) is 17.3 Å². The van der Waals surface area contributed by atoms with Gasteiger partial charge in [-0.2, -0.15) is 0 Å². The highest BCUT2D eigenvalue weighted by Crippen LogP contribution is 2.34. The normalized spacial score (nSPS) is 11.5. The van der Waals surface area contributed by atoms with Crippen LogP contribution in [0.25, 0.3) is 22.4 Å². The van der Waals surface area contributed by atoms with Gasteiger partial charge >= 0.3 is 6.36 Å². The SMILES string of the molecule is O=C(Nc1cccc(OC(F)(F)F)c1)c1ccc2nc(-c3c(Cl)cccc3Cl)[nH]c2c1. The molecule has 5 nitrogen and oxygen atoms in total. The standard InChI is InChI=1S/C21H12Cl2F3N3O2/c22-14-5-2-6-15(23)18(14)19-28-16-8-7-11(9-17(16)29-19)20(30)27-12-3-1-4-13(10-12)31-21(24,25)26/h1-10H,(H,27,30)(H,28,29). The number of alkyl halides is 3. The van der Waals surface area contributed by atoms with Crippen LogP contribution in [0.1, 0.15) is 10.4 Å². The quantitative estimate of drug-likeness (QED) is 0.352. The molecule has 4 rings (SSSR count). The molecule has 1 amide bonds. The third-order valence-corrected chi connectivity index (χ3v) is 4.90. The smallest absolute Gasteiger partial charge is 0.406 e. The van der Waals surface area contributed by atoms with Crippen molar-refractivity contribution in [3.05, 3.63) is 76.3 Å². The van der Waals surface area contributed by atoms with E-state index in [1.807, 2.05) is 0 Å². The van der Waals surface area contributed by atoms with Crippen molar-refractivity contribution in [3.63, 3.8) is 0 Å². The molecule has 31 heavy (non-hydrogen) atoms. The Morgan fingerprint density at radius 3 is 2.42 bits per heavy atom. The highest BCUT2D eigenvalue weighted by molar-refractivity contribution is 6.39. The van der Waals surface area contributed by atoms with E-state index >= 15 is 0 Å². The number of H-pyrrole nitrogens is 1. The summed E-state index contributed by atoms with van der Waals surface area (Å²) in [6.45, 7) is 0. The van der Waals surface area contributed by atoms with E-state index < -0.39 is 18.0 Å². The Hall–Kier alpha value is -3.23. The number of aromatic nitrogens is 2. The molecule has 0 spiro atoms. The van der Waals surface area contributed by atoms with Crippen LogP contribution in [-0.2, 0) is 0 Å². The molecule has 0 radical (unpaired) electrons. The van der Waals surface area contributed by atoms with Crippen LogP contribution in [-0.4, -0.2) is 22.2 Å². The summed E-state index contributed by atoms with van der Waals surface area (Å²) in [6.07, 6.45) is -4.82. The van der Waals surface area contributed by atoms with E-state index in [0.29, 0.717) is 32.5 Å². The first-order valence-corrected chi connectivity index (χ1v) is 9.56. The molecule has 0 unspecified atom stereocenters. The van der Waals surface area contributed by atoms with E-state index in [2.05, 4.69) is 20.0 Å². The maximum absolute atomic E-state index is 12.6. The topological polar surface area (TPSA) is 67.0 Å². The second kappa shape index (κ2) is 8.13. The lowest BCUT2D eigenvalue weighted by molar-refractivity contribution is -0.274. The molecule has 0 saturated carbocycles. The number of aromatic amines is 1. The summed E-state index contributed by atoms with van der Waals surface area (Å²) in [4.78, 5) is 20.1. The summed E-state index contributed by atoms with van der Waals surface area (Å²) in [5.41, 5.74) is 2.11. The van der Waals surface area contributed by atoms with Crippen molar-refractivity contribution in [2.75, 3.05) is 5.32 Å². The van der Waals surface area contributed by atoms with Crippen LogP contribution in [0.2, 0.25) is 10.0 Å². The number of fused-ring (bicyclic) bond motifs is 1. The van der Waals surface area contributed by atoms with Gasteiger partial charge in [-0.05, 0) is 42.5 Å². The molecular formula is C21H12Cl2F3N3O2. The molecule has 0 saturated heterocycles. The van der Waals surface area contributed by atoms with Gasteiger partial charge in [-0.3, -0.25) is 4.79 Å². The van der Waals surface area contributed by atoms with Gasteiger partial charge in [0.1, 0.15) is 11.6 Å². The number of hydrogen-bond acceptors (Lipinski definition) is 3. The lowest BCUT2D eigenvalue weighted by atomic mass is 10.2. The summed E-state index contributed by atoms with van der Waals surface area (Å²) >= 11 is 12.5. The predicted octanol–water partition coefficient (Wildman–Crippen LogP) is 6.69. The minimum atomic E-state index is -4.82. The van der Waals surface area contributed by atoms with E-state index in [9.17, 15) is 18.0 Å². The molecule has 0 aliphatic rings. The maximum atomic E-state index is 12.6. The van der Waals surface area contributed by atoms with Gasteiger partial charge in [0.15, 0.2) is 0 Å². The van der Waals surface area contributed by atoms with Gasteiger partial charge in [0.05, 0.1) is 26.6 Å². The van der Waals surface area contributed by atoms with Crippen LogP contribution in [0.4, 0.5) is 18.9 Å². The molecule has 0 atom stereocenters. The first-order chi connectivity index (χ1) is 14.7. The van der Waals surface area contributed by atoms with Crippen LogP contribution >= 0.6 is 23.2 Å². The average molecular weight is 466 g/mol. The monoisotopic (exact) mass is 465 g/mol. The van der Waals surface area contributed by atoms with E-state index in [0.717, 1.165) is 12.1 Å².